The molecule has 3 aliphatic rings. The van der Waals surface area contributed by atoms with Gasteiger partial charge in [-0.15, -0.1) is 0 Å². The summed E-state index contributed by atoms with van der Waals surface area (Å²) in [7, 11) is 0. The molecule has 206 valence electrons. The number of anilines is 1. The minimum Gasteiger partial charge on any atom is -0.511 e. The number of rotatable bonds is 8. The van der Waals surface area contributed by atoms with E-state index in [1.54, 1.807) is 18.2 Å². The lowest BCUT2D eigenvalue weighted by molar-refractivity contribution is -0.137. The van der Waals surface area contributed by atoms with Gasteiger partial charge in [0, 0.05) is 61.8 Å². The number of nitrogens with zero attached hydrogens (tertiary/aromatic N) is 2. The Morgan fingerprint density at radius 1 is 1.07 bits per heavy atom. The number of imide groups is 1. The van der Waals surface area contributed by atoms with Crippen molar-refractivity contribution in [3.8, 4) is 0 Å². The quantitative estimate of drug-likeness (QED) is 0.265. The summed E-state index contributed by atoms with van der Waals surface area (Å²) in [5, 5.41) is 15.6. The molecular weight excluding hydrogens is 512 g/mol. The molecule has 0 radical (unpaired) electrons. The van der Waals surface area contributed by atoms with Crippen LogP contribution in [0.25, 0.3) is 0 Å². The third kappa shape index (κ3) is 5.70. The number of aliphatic hydroxyl groups is 1. The first kappa shape index (κ1) is 27.0. The van der Waals surface area contributed by atoms with Crippen LogP contribution < -0.4 is 10.6 Å². The Morgan fingerprint density at radius 2 is 1.88 bits per heavy atom. The van der Waals surface area contributed by atoms with Crippen LogP contribution >= 0.6 is 0 Å². The van der Waals surface area contributed by atoms with Gasteiger partial charge in [0.2, 0.25) is 17.7 Å². The molecule has 2 aromatic rings. The fourth-order valence-electron chi connectivity index (χ4n) is 5.42. The molecule has 0 saturated carbocycles. The van der Waals surface area contributed by atoms with Crippen LogP contribution in [0.3, 0.4) is 0 Å². The number of nitrogens with one attached hydrogen (secondary N) is 2. The molecule has 10 heteroatoms. The van der Waals surface area contributed by atoms with E-state index >= 15 is 0 Å². The number of aliphatic hydroxyl groups excluding tert-OH is 1. The van der Waals surface area contributed by atoms with Crippen molar-refractivity contribution < 1.29 is 29.1 Å². The highest BCUT2D eigenvalue weighted by Gasteiger charge is 2.40. The summed E-state index contributed by atoms with van der Waals surface area (Å²) in [6.45, 7) is 0.465. The number of fused-ring (bicyclic) bond motifs is 1. The van der Waals surface area contributed by atoms with Crippen molar-refractivity contribution in [1.82, 2.24) is 10.2 Å². The second kappa shape index (κ2) is 11.6. The van der Waals surface area contributed by atoms with Crippen LogP contribution in [0.15, 0.2) is 64.9 Å². The molecule has 40 heavy (non-hydrogen) atoms. The first-order chi connectivity index (χ1) is 19.3. The SMILES string of the molecule is O=C1CCC(N2Cc3c(NC(=O)CCCN=CC4=C(O)CC(c5ccccc5)CC4=O)cccc3C2=O)C(=O)N1. The van der Waals surface area contributed by atoms with Gasteiger partial charge in [-0.05, 0) is 36.5 Å². The topological polar surface area (TPSA) is 145 Å². The number of Topliss-reactive ketones (excluding diaryl/α,β-unsaturated/α-hetero) is 1. The Kier molecular flexibility index (Phi) is 7.86. The monoisotopic (exact) mass is 542 g/mol. The molecule has 1 aliphatic carbocycles. The van der Waals surface area contributed by atoms with Crippen molar-refractivity contribution in [3.63, 3.8) is 0 Å². The second-order valence-electron chi connectivity index (χ2n) is 10.2. The van der Waals surface area contributed by atoms with Gasteiger partial charge in [0.25, 0.3) is 5.91 Å². The summed E-state index contributed by atoms with van der Waals surface area (Å²) in [4.78, 5) is 67.7. The lowest BCUT2D eigenvalue weighted by Gasteiger charge is -2.29. The van der Waals surface area contributed by atoms with Gasteiger partial charge in [-0.2, -0.15) is 0 Å². The van der Waals surface area contributed by atoms with Crippen LogP contribution in [0.1, 0.15) is 65.9 Å². The first-order valence-electron chi connectivity index (χ1n) is 13.4. The van der Waals surface area contributed by atoms with Crippen LogP contribution in [0.4, 0.5) is 5.69 Å². The predicted molar refractivity (Wildman–Crippen MR) is 147 cm³/mol. The van der Waals surface area contributed by atoms with E-state index in [0.717, 1.165) is 5.56 Å². The predicted octanol–water partition coefficient (Wildman–Crippen LogP) is 3.20. The number of allylic oxidation sites excluding steroid dienone is 2. The molecule has 2 unspecified atom stereocenters. The zero-order valence-electron chi connectivity index (χ0n) is 21.9. The summed E-state index contributed by atoms with van der Waals surface area (Å²) in [5.41, 5.74) is 2.80. The molecule has 2 heterocycles. The fraction of sp³-hybridized carbons (Fsp3) is 0.333. The van der Waals surface area contributed by atoms with Crippen molar-refractivity contribution in [1.29, 1.82) is 0 Å². The summed E-state index contributed by atoms with van der Waals surface area (Å²) in [6, 6.07) is 13.9. The maximum Gasteiger partial charge on any atom is 0.255 e. The van der Waals surface area contributed by atoms with E-state index < -0.39 is 11.9 Å². The molecule has 0 spiro atoms. The third-order valence-electron chi connectivity index (χ3n) is 7.52. The molecule has 2 atom stereocenters. The van der Waals surface area contributed by atoms with Gasteiger partial charge >= 0.3 is 0 Å². The molecule has 3 N–H and O–H groups in total. The van der Waals surface area contributed by atoms with Gasteiger partial charge in [0.1, 0.15) is 11.8 Å². The molecule has 0 bridgehead atoms. The molecule has 2 aliphatic heterocycles. The third-order valence-corrected chi connectivity index (χ3v) is 7.52. The van der Waals surface area contributed by atoms with Gasteiger partial charge in [-0.25, -0.2) is 0 Å². The Bertz CT molecular complexity index is 1430. The smallest absolute Gasteiger partial charge is 0.255 e. The Balaban J connectivity index is 1.13. The number of ketones is 1. The molecule has 5 rings (SSSR count). The van der Waals surface area contributed by atoms with Crippen molar-refractivity contribution in [2.75, 3.05) is 11.9 Å². The summed E-state index contributed by atoms with van der Waals surface area (Å²) in [5.74, 6) is -1.57. The van der Waals surface area contributed by atoms with Gasteiger partial charge in [-0.3, -0.25) is 34.3 Å². The zero-order valence-corrected chi connectivity index (χ0v) is 21.9. The van der Waals surface area contributed by atoms with Crippen molar-refractivity contribution in [2.24, 2.45) is 4.99 Å². The Labute approximate surface area is 231 Å². The average molecular weight is 543 g/mol. The number of carbonyl (C=O) groups is 5. The number of amides is 4. The highest BCUT2D eigenvalue weighted by atomic mass is 16.3. The van der Waals surface area contributed by atoms with Crippen LogP contribution in [0.5, 0.6) is 0 Å². The summed E-state index contributed by atoms with van der Waals surface area (Å²) >= 11 is 0. The number of hydrogen-bond donors (Lipinski definition) is 3. The molecular formula is C30H30N4O6. The molecule has 10 nitrogen and oxygen atoms in total. The lowest BCUT2D eigenvalue weighted by atomic mass is 9.83. The molecule has 2 aromatic carbocycles. The summed E-state index contributed by atoms with van der Waals surface area (Å²) < 4.78 is 0. The minimum absolute atomic E-state index is 0.0328. The number of benzene rings is 2. The Morgan fingerprint density at radius 3 is 2.62 bits per heavy atom. The number of piperidine rings is 1. The normalized spacial score (nSPS) is 21.1. The molecule has 1 fully saturated rings. The number of aliphatic imine (C=N–C) groups is 1. The van der Waals surface area contributed by atoms with Crippen LogP contribution in [-0.2, 0) is 25.7 Å². The van der Waals surface area contributed by atoms with Crippen molar-refractivity contribution in [2.45, 2.75) is 57.0 Å². The van der Waals surface area contributed by atoms with Gasteiger partial charge in [0.05, 0.1) is 5.57 Å². The first-order valence-corrected chi connectivity index (χ1v) is 13.4. The maximum atomic E-state index is 13.0. The number of carbonyl (C=O) groups excluding carboxylic acids is 5. The van der Waals surface area contributed by atoms with Gasteiger partial charge in [-0.1, -0.05) is 36.4 Å². The van der Waals surface area contributed by atoms with Crippen LogP contribution in [-0.4, -0.2) is 58.2 Å². The highest BCUT2D eigenvalue weighted by Crippen LogP contribution is 2.34. The van der Waals surface area contributed by atoms with E-state index in [1.807, 2.05) is 30.3 Å². The van der Waals surface area contributed by atoms with Gasteiger partial charge < -0.3 is 15.3 Å². The van der Waals surface area contributed by atoms with Gasteiger partial charge in [0.15, 0.2) is 5.78 Å². The lowest BCUT2D eigenvalue weighted by Crippen LogP contribution is -2.52. The largest absolute Gasteiger partial charge is 0.511 e. The van der Waals surface area contributed by atoms with E-state index in [0.29, 0.717) is 42.6 Å². The molecule has 4 amide bonds. The van der Waals surface area contributed by atoms with E-state index in [4.69, 9.17) is 0 Å². The fourth-order valence-corrected chi connectivity index (χ4v) is 5.42. The van der Waals surface area contributed by atoms with E-state index in [-0.39, 0.29) is 66.6 Å². The summed E-state index contributed by atoms with van der Waals surface area (Å²) in [6.07, 6.45) is 3.11. The molecule has 0 aromatic heterocycles. The average Bonchev–Trinajstić information content (AvgIpc) is 3.27. The Hall–Kier alpha value is -4.60. The minimum atomic E-state index is -0.728. The standard InChI is InChI=1S/C30H30N4O6/c35-25-14-19(18-6-2-1-3-7-18)15-26(36)21(25)16-31-13-5-10-27(37)32-23-9-4-8-20-22(23)17-34(30(20)40)24-11-12-28(38)33-29(24)39/h1-4,6-9,16,19,24,35H,5,10-15,17H2,(H,32,37)(H,33,38,39). The van der Waals surface area contributed by atoms with Crippen LogP contribution in [0.2, 0.25) is 0 Å². The number of hydrogen-bond acceptors (Lipinski definition) is 7. The van der Waals surface area contributed by atoms with E-state index in [1.165, 1.54) is 11.1 Å². The second-order valence-corrected chi connectivity index (χ2v) is 10.2. The highest BCUT2D eigenvalue weighted by molar-refractivity contribution is 6.14. The zero-order chi connectivity index (χ0) is 28.2. The van der Waals surface area contributed by atoms with E-state index in [9.17, 15) is 29.1 Å². The maximum absolute atomic E-state index is 13.0. The van der Waals surface area contributed by atoms with E-state index in [2.05, 4.69) is 15.6 Å². The van der Waals surface area contributed by atoms with Crippen LogP contribution in [0, 0.1) is 0 Å². The van der Waals surface area contributed by atoms with Crippen molar-refractivity contribution in [3.05, 3.63) is 76.6 Å². The van der Waals surface area contributed by atoms with Crippen molar-refractivity contribution >= 4 is 41.3 Å². The molecule has 1 saturated heterocycles.